The smallest absolute Gasteiger partial charge is 0.313 e. The van der Waals surface area contributed by atoms with E-state index in [1.54, 1.807) is 13.0 Å². The van der Waals surface area contributed by atoms with Crippen molar-refractivity contribution in [2.75, 3.05) is 31.5 Å². The normalized spacial score (nSPS) is 12.6. The highest BCUT2D eigenvalue weighted by molar-refractivity contribution is 5.85. The molecule has 1 aliphatic rings. The van der Waals surface area contributed by atoms with Crippen molar-refractivity contribution in [1.29, 1.82) is 0 Å². The molecule has 0 atom stereocenters. The van der Waals surface area contributed by atoms with E-state index in [0.29, 0.717) is 17.9 Å². The highest BCUT2D eigenvalue weighted by Crippen LogP contribution is 2.32. The molecular formula is C27H36Cl2N4O4. The minimum Gasteiger partial charge on any atom is -0.412 e. The summed E-state index contributed by atoms with van der Waals surface area (Å²) >= 11 is 0. The molecule has 1 aromatic heterocycles. The Kier molecular flexibility index (Phi) is 14.7. The number of anilines is 1. The van der Waals surface area contributed by atoms with Crippen molar-refractivity contribution < 1.29 is 15.9 Å². The van der Waals surface area contributed by atoms with Crippen LogP contribution < -0.4 is 5.32 Å². The number of aromatic nitrogens is 1. The summed E-state index contributed by atoms with van der Waals surface area (Å²) in [5, 5.41) is 14.7. The zero-order valence-electron chi connectivity index (χ0n) is 21.1. The van der Waals surface area contributed by atoms with E-state index in [4.69, 9.17) is 0 Å². The number of piperidine rings is 1. The van der Waals surface area contributed by atoms with Crippen molar-refractivity contribution >= 4 is 41.8 Å². The van der Waals surface area contributed by atoms with E-state index in [2.05, 4.69) is 75.9 Å². The molecule has 5 N–H and O–H groups in total. The lowest BCUT2D eigenvalue weighted by Gasteiger charge is -2.30. The molecule has 0 bridgehead atoms. The number of hydrogen-bond donors (Lipinski definition) is 1. The topological polar surface area (TPSA) is 134 Å². The standard InChI is InChI=1S/C27H30N4O2.2ClH.2H2O/c1-20-19-25(27(31(32)33)21(2)29-20)28-15-18-30-16-13-24(14-17-30)26(22-9-5-3-6-10-22)23-11-7-4-8-12-23;;;;/h3-12,19H,13-18H2,1-2H3,(H,28,29);2*1H;2*1H2. The lowest BCUT2D eigenvalue weighted by atomic mass is 9.88. The fraction of sp³-hybridized carbons (Fsp3) is 0.296. The summed E-state index contributed by atoms with van der Waals surface area (Å²) < 4.78 is 0. The number of pyridine rings is 1. The Labute approximate surface area is 230 Å². The second-order valence-electron chi connectivity index (χ2n) is 8.48. The molecule has 0 aliphatic carbocycles. The Morgan fingerprint density at radius 3 is 1.95 bits per heavy atom. The number of hydrogen-bond acceptors (Lipinski definition) is 5. The van der Waals surface area contributed by atoms with Gasteiger partial charge in [-0.3, -0.25) is 15.1 Å². The monoisotopic (exact) mass is 550 g/mol. The molecule has 0 radical (unpaired) electrons. The number of likely N-dealkylation sites (tertiary alicyclic amines) is 1. The molecule has 2 heterocycles. The van der Waals surface area contributed by atoms with E-state index in [9.17, 15) is 10.1 Å². The largest absolute Gasteiger partial charge is 0.412 e. The Morgan fingerprint density at radius 1 is 0.946 bits per heavy atom. The van der Waals surface area contributed by atoms with Crippen LogP contribution in [0, 0.1) is 24.0 Å². The van der Waals surface area contributed by atoms with Crippen LogP contribution in [0.5, 0.6) is 0 Å². The van der Waals surface area contributed by atoms with E-state index >= 15 is 0 Å². The minimum absolute atomic E-state index is 0. The van der Waals surface area contributed by atoms with Crippen LogP contribution in [0.4, 0.5) is 11.4 Å². The molecule has 202 valence electrons. The van der Waals surface area contributed by atoms with Gasteiger partial charge in [-0.05, 0) is 49.5 Å². The number of nitro groups is 1. The maximum Gasteiger partial charge on any atom is 0.313 e. The molecule has 1 fully saturated rings. The molecule has 4 rings (SSSR count). The van der Waals surface area contributed by atoms with Crippen molar-refractivity contribution in [1.82, 2.24) is 9.88 Å². The maximum atomic E-state index is 11.5. The van der Waals surface area contributed by atoms with Gasteiger partial charge < -0.3 is 21.2 Å². The van der Waals surface area contributed by atoms with Gasteiger partial charge in [0.15, 0.2) is 0 Å². The first kappa shape index (κ1) is 34.0. The summed E-state index contributed by atoms with van der Waals surface area (Å²) in [7, 11) is 0. The second kappa shape index (κ2) is 16.0. The molecule has 0 amide bonds. The van der Waals surface area contributed by atoms with E-state index in [-0.39, 0.29) is 46.4 Å². The number of nitrogens with zero attached hydrogens (tertiary/aromatic N) is 3. The minimum atomic E-state index is -0.350. The van der Waals surface area contributed by atoms with E-state index in [1.165, 1.54) is 22.3 Å². The van der Waals surface area contributed by atoms with E-state index in [0.717, 1.165) is 38.2 Å². The van der Waals surface area contributed by atoms with Gasteiger partial charge in [-0.25, -0.2) is 0 Å². The third-order valence-corrected chi connectivity index (χ3v) is 6.16. The average molecular weight is 552 g/mol. The van der Waals surface area contributed by atoms with E-state index in [1.807, 2.05) is 6.92 Å². The van der Waals surface area contributed by atoms with Crippen LogP contribution in [0.2, 0.25) is 0 Å². The first-order chi connectivity index (χ1) is 16.0. The van der Waals surface area contributed by atoms with Crippen LogP contribution in [0.15, 0.2) is 72.3 Å². The predicted molar refractivity (Wildman–Crippen MR) is 155 cm³/mol. The Hall–Kier alpha value is -3.01. The predicted octanol–water partition coefficient (Wildman–Crippen LogP) is 4.81. The van der Waals surface area contributed by atoms with Crippen LogP contribution >= 0.6 is 24.8 Å². The number of rotatable bonds is 7. The van der Waals surface area contributed by atoms with Crippen LogP contribution in [0.3, 0.4) is 0 Å². The van der Waals surface area contributed by atoms with Crippen molar-refractivity contribution in [3.63, 3.8) is 0 Å². The van der Waals surface area contributed by atoms with Gasteiger partial charge in [0.1, 0.15) is 11.4 Å². The Morgan fingerprint density at radius 2 is 1.46 bits per heavy atom. The summed E-state index contributed by atoms with van der Waals surface area (Å²) in [6.45, 7) is 7.01. The molecule has 8 nitrogen and oxygen atoms in total. The highest BCUT2D eigenvalue weighted by Gasteiger charge is 2.21. The van der Waals surface area contributed by atoms with Crippen molar-refractivity contribution in [2.24, 2.45) is 0 Å². The number of halogens is 2. The number of benzene rings is 2. The summed E-state index contributed by atoms with van der Waals surface area (Å²) in [4.78, 5) is 17.8. The number of nitrogens with one attached hydrogen (secondary N) is 1. The first-order valence-corrected chi connectivity index (χ1v) is 11.4. The molecule has 0 unspecified atom stereocenters. The Balaban J connectivity index is 0.00000324. The lowest BCUT2D eigenvalue weighted by molar-refractivity contribution is -0.384. The SMILES string of the molecule is Cc1cc(NCCN2CCC(=C(c3ccccc3)c3ccccc3)CC2)c([N+](=O)[O-])c(C)n1.Cl.Cl.O.O. The zero-order valence-corrected chi connectivity index (χ0v) is 22.7. The third kappa shape index (κ3) is 8.52. The molecule has 0 saturated carbocycles. The fourth-order valence-corrected chi connectivity index (χ4v) is 4.62. The van der Waals surface area contributed by atoms with Crippen molar-refractivity contribution in [3.05, 3.63) is 105 Å². The van der Waals surface area contributed by atoms with Gasteiger partial charge in [0.2, 0.25) is 0 Å². The second-order valence-corrected chi connectivity index (χ2v) is 8.48. The molecule has 3 aromatic rings. The third-order valence-electron chi connectivity index (χ3n) is 6.16. The summed E-state index contributed by atoms with van der Waals surface area (Å²) in [6.07, 6.45) is 2.04. The number of aryl methyl sites for hydroxylation is 2. The highest BCUT2D eigenvalue weighted by atomic mass is 35.5. The van der Waals surface area contributed by atoms with Crippen LogP contribution in [0.1, 0.15) is 35.4 Å². The molecule has 37 heavy (non-hydrogen) atoms. The zero-order chi connectivity index (χ0) is 23.2. The maximum absolute atomic E-state index is 11.5. The average Bonchev–Trinajstić information content (AvgIpc) is 2.81. The van der Waals surface area contributed by atoms with Gasteiger partial charge in [0.05, 0.1) is 4.92 Å². The quantitative estimate of drug-likeness (QED) is 0.332. The summed E-state index contributed by atoms with van der Waals surface area (Å²) in [5.74, 6) is 0. The van der Waals surface area contributed by atoms with Gasteiger partial charge >= 0.3 is 5.69 Å². The van der Waals surface area contributed by atoms with Crippen LogP contribution in [0.25, 0.3) is 5.57 Å². The molecule has 1 saturated heterocycles. The molecule has 2 aromatic carbocycles. The van der Waals surface area contributed by atoms with Crippen LogP contribution in [-0.2, 0) is 0 Å². The lowest BCUT2D eigenvalue weighted by Crippen LogP contribution is -2.35. The molecule has 10 heteroatoms. The van der Waals surface area contributed by atoms with Gasteiger partial charge in [0, 0.05) is 31.9 Å². The van der Waals surface area contributed by atoms with Gasteiger partial charge in [0.25, 0.3) is 0 Å². The summed E-state index contributed by atoms with van der Waals surface area (Å²) in [6, 6.07) is 23.0. The van der Waals surface area contributed by atoms with Crippen molar-refractivity contribution in [3.8, 4) is 0 Å². The first-order valence-electron chi connectivity index (χ1n) is 11.4. The summed E-state index contributed by atoms with van der Waals surface area (Å²) in [5.41, 5.74) is 7.24. The fourth-order valence-electron chi connectivity index (χ4n) is 4.62. The van der Waals surface area contributed by atoms with Crippen LogP contribution in [-0.4, -0.2) is 51.9 Å². The molecule has 0 spiro atoms. The molecular weight excluding hydrogens is 515 g/mol. The Bertz CT molecular complexity index is 1110. The van der Waals surface area contributed by atoms with E-state index < -0.39 is 0 Å². The van der Waals surface area contributed by atoms with Crippen molar-refractivity contribution in [2.45, 2.75) is 26.7 Å². The van der Waals surface area contributed by atoms with Gasteiger partial charge in [-0.2, -0.15) is 0 Å². The van der Waals surface area contributed by atoms with Gasteiger partial charge in [-0.1, -0.05) is 66.2 Å². The molecule has 1 aliphatic heterocycles. The van der Waals surface area contributed by atoms with Gasteiger partial charge in [-0.15, -0.1) is 24.8 Å².